The summed E-state index contributed by atoms with van der Waals surface area (Å²) in [5.41, 5.74) is 8.87. The van der Waals surface area contributed by atoms with Crippen LogP contribution in [0.5, 0.6) is 0 Å². The molecule has 1 aromatic rings. The topological polar surface area (TPSA) is 0 Å². The lowest BCUT2D eigenvalue weighted by Crippen LogP contribution is -2.13. The molecule has 0 N–H and O–H groups in total. The SMILES string of the molecule is C=C(/C(C1=CC=C(Cl)CC=C1)=C(\CC)c1ccc(C)cc1C)C(C)(C)C. The summed E-state index contributed by atoms with van der Waals surface area (Å²) >= 11 is 6.26. The van der Waals surface area contributed by atoms with Gasteiger partial charge in [0.15, 0.2) is 0 Å². The Morgan fingerprint density at radius 2 is 1.85 bits per heavy atom. The predicted octanol–water partition coefficient (Wildman–Crippen LogP) is 8.08. The molecule has 1 aliphatic rings. The Kier molecular flexibility index (Phi) is 6.53. The van der Waals surface area contributed by atoms with Gasteiger partial charge in [0.25, 0.3) is 0 Å². The summed E-state index contributed by atoms with van der Waals surface area (Å²) in [4.78, 5) is 0. The molecule has 0 fully saturated rings. The molecule has 0 heterocycles. The van der Waals surface area contributed by atoms with Gasteiger partial charge in [0, 0.05) is 11.5 Å². The molecule has 0 amide bonds. The van der Waals surface area contributed by atoms with E-state index in [-0.39, 0.29) is 5.41 Å². The van der Waals surface area contributed by atoms with Crippen LogP contribution in [0, 0.1) is 19.3 Å². The lowest BCUT2D eigenvalue weighted by Gasteiger charge is -2.28. The lowest BCUT2D eigenvalue weighted by molar-refractivity contribution is 0.514. The van der Waals surface area contributed by atoms with Crippen molar-refractivity contribution in [3.8, 4) is 0 Å². The van der Waals surface area contributed by atoms with E-state index in [2.05, 4.69) is 84.5 Å². The van der Waals surface area contributed by atoms with E-state index in [1.54, 1.807) is 0 Å². The van der Waals surface area contributed by atoms with E-state index in [0.717, 1.165) is 23.4 Å². The van der Waals surface area contributed by atoms with E-state index in [1.807, 2.05) is 6.08 Å². The van der Waals surface area contributed by atoms with Crippen LogP contribution in [0.3, 0.4) is 0 Å². The summed E-state index contributed by atoms with van der Waals surface area (Å²) in [6.45, 7) is 17.8. The largest absolute Gasteiger partial charge is 0.0947 e. The molecule has 0 atom stereocenters. The highest BCUT2D eigenvalue weighted by molar-refractivity contribution is 6.29. The number of rotatable bonds is 4. The molecule has 0 saturated carbocycles. The third-order valence-electron chi connectivity index (χ3n) is 4.91. The minimum atomic E-state index is -0.0111. The summed E-state index contributed by atoms with van der Waals surface area (Å²) in [5.74, 6) is 0. The molecule has 0 aromatic heterocycles. The van der Waals surface area contributed by atoms with E-state index in [1.165, 1.54) is 33.4 Å². The first-order valence-electron chi connectivity index (χ1n) is 9.39. The van der Waals surface area contributed by atoms with Gasteiger partial charge in [-0.05, 0) is 65.2 Å². The Morgan fingerprint density at radius 1 is 1.15 bits per heavy atom. The van der Waals surface area contributed by atoms with Crippen molar-refractivity contribution in [1.29, 1.82) is 0 Å². The Balaban J connectivity index is 2.79. The zero-order valence-corrected chi connectivity index (χ0v) is 17.8. The molecule has 0 nitrogen and oxygen atoms in total. The van der Waals surface area contributed by atoms with Crippen molar-refractivity contribution < 1.29 is 0 Å². The van der Waals surface area contributed by atoms with E-state index in [4.69, 9.17) is 11.6 Å². The predicted molar refractivity (Wildman–Crippen MR) is 117 cm³/mol. The zero-order chi connectivity index (χ0) is 19.5. The maximum atomic E-state index is 6.26. The van der Waals surface area contributed by atoms with Gasteiger partial charge in [-0.1, -0.05) is 87.9 Å². The van der Waals surface area contributed by atoms with Crippen LogP contribution in [-0.2, 0) is 0 Å². The summed E-state index contributed by atoms with van der Waals surface area (Å²) in [6.07, 6.45) is 10.2. The maximum absolute atomic E-state index is 6.26. The van der Waals surface area contributed by atoms with Gasteiger partial charge < -0.3 is 0 Å². The molecular weight excluding hydrogens is 336 g/mol. The van der Waals surface area contributed by atoms with Gasteiger partial charge in [0.05, 0.1) is 0 Å². The van der Waals surface area contributed by atoms with Crippen LogP contribution in [-0.4, -0.2) is 0 Å². The van der Waals surface area contributed by atoms with Crippen molar-refractivity contribution in [1.82, 2.24) is 0 Å². The molecule has 0 unspecified atom stereocenters. The number of benzene rings is 1. The number of allylic oxidation sites excluding steroid dienone is 9. The van der Waals surface area contributed by atoms with Crippen molar-refractivity contribution in [2.75, 3.05) is 0 Å². The van der Waals surface area contributed by atoms with Crippen LogP contribution >= 0.6 is 11.6 Å². The van der Waals surface area contributed by atoms with Crippen LogP contribution in [0.15, 0.2) is 70.8 Å². The van der Waals surface area contributed by atoms with Crippen LogP contribution in [0.25, 0.3) is 5.57 Å². The normalized spacial score (nSPS) is 15.8. The molecule has 0 radical (unpaired) electrons. The molecule has 1 heteroatoms. The lowest BCUT2D eigenvalue weighted by atomic mass is 9.76. The van der Waals surface area contributed by atoms with Crippen LogP contribution in [0.2, 0.25) is 0 Å². The van der Waals surface area contributed by atoms with Crippen molar-refractivity contribution >= 4 is 17.2 Å². The Hall–Kier alpha value is -1.79. The van der Waals surface area contributed by atoms with Crippen molar-refractivity contribution in [2.24, 2.45) is 5.41 Å². The average molecular weight is 367 g/mol. The quantitative estimate of drug-likeness (QED) is 0.472. The molecule has 0 spiro atoms. The smallest absolute Gasteiger partial charge is 0.0218 e. The fourth-order valence-electron chi connectivity index (χ4n) is 3.33. The van der Waals surface area contributed by atoms with Gasteiger partial charge in [-0.15, -0.1) is 0 Å². The Bertz CT molecular complexity index is 820. The zero-order valence-electron chi connectivity index (χ0n) is 17.0. The van der Waals surface area contributed by atoms with Crippen LogP contribution < -0.4 is 0 Å². The molecule has 0 aliphatic heterocycles. The Morgan fingerprint density at radius 3 is 2.42 bits per heavy atom. The van der Waals surface area contributed by atoms with E-state index >= 15 is 0 Å². The van der Waals surface area contributed by atoms with E-state index in [9.17, 15) is 0 Å². The molecule has 1 aliphatic carbocycles. The van der Waals surface area contributed by atoms with Gasteiger partial charge in [0.2, 0.25) is 0 Å². The van der Waals surface area contributed by atoms with Crippen LogP contribution in [0.4, 0.5) is 0 Å². The highest BCUT2D eigenvalue weighted by Gasteiger charge is 2.24. The van der Waals surface area contributed by atoms with Crippen molar-refractivity contribution in [3.05, 3.63) is 87.5 Å². The third kappa shape index (κ3) is 4.68. The van der Waals surface area contributed by atoms with Crippen LogP contribution in [0.1, 0.15) is 57.2 Å². The average Bonchev–Trinajstić information content (AvgIpc) is 2.76. The number of hydrogen-bond donors (Lipinski definition) is 0. The highest BCUT2D eigenvalue weighted by Crippen LogP contribution is 2.41. The number of halogens is 1. The maximum Gasteiger partial charge on any atom is 0.0218 e. The molecule has 0 bridgehead atoms. The van der Waals surface area contributed by atoms with Crippen molar-refractivity contribution in [3.63, 3.8) is 0 Å². The first kappa shape index (κ1) is 20.5. The van der Waals surface area contributed by atoms with Gasteiger partial charge in [-0.3, -0.25) is 0 Å². The summed E-state index contributed by atoms with van der Waals surface area (Å²) in [6, 6.07) is 6.71. The van der Waals surface area contributed by atoms with Gasteiger partial charge in [-0.2, -0.15) is 0 Å². The second kappa shape index (κ2) is 8.27. The molecule has 0 saturated heterocycles. The molecule has 138 valence electrons. The van der Waals surface area contributed by atoms with Gasteiger partial charge >= 0.3 is 0 Å². The fourth-order valence-corrected chi connectivity index (χ4v) is 3.48. The van der Waals surface area contributed by atoms with Crippen molar-refractivity contribution in [2.45, 2.75) is 54.4 Å². The molecule has 2 rings (SSSR count). The molecular formula is C25H31Cl. The minimum absolute atomic E-state index is 0.0111. The molecule has 26 heavy (non-hydrogen) atoms. The molecule has 1 aromatic carbocycles. The van der Waals surface area contributed by atoms with E-state index in [0.29, 0.717) is 0 Å². The summed E-state index contributed by atoms with van der Waals surface area (Å²) in [5, 5.41) is 0.863. The standard InChI is InChI=1S/C25H31Cl/c1-8-22(23-15-12-17(2)16-18(23)3)24(19(4)25(5,6)7)20-10-9-11-21(26)14-13-20/h9-10,12-16H,4,8,11H2,1-3,5-7H3/b24-22-. The first-order chi connectivity index (χ1) is 12.1. The number of aryl methyl sites for hydroxylation is 2. The second-order valence-corrected chi connectivity index (χ2v) is 8.58. The highest BCUT2D eigenvalue weighted by atomic mass is 35.5. The van der Waals surface area contributed by atoms with E-state index < -0.39 is 0 Å². The second-order valence-electron chi connectivity index (χ2n) is 8.10. The monoisotopic (exact) mass is 366 g/mol. The summed E-state index contributed by atoms with van der Waals surface area (Å²) < 4.78 is 0. The van der Waals surface area contributed by atoms with Gasteiger partial charge in [-0.25, -0.2) is 0 Å². The first-order valence-corrected chi connectivity index (χ1v) is 9.76. The third-order valence-corrected chi connectivity index (χ3v) is 5.19. The minimum Gasteiger partial charge on any atom is -0.0947 e. The Labute approximate surface area is 164 Å². The summed E-state index contributed by atoms with van der Waals surface area (Å²) in [7, 11) is 0. The number of hydrogen-bond acceptors (Lipinski definition) is 0. The fraction of sp³-hybridized carbons (Fsp3) is 0.360. The van der Waals surface area contributed by atoms with Gasteiger partial charge in [0.1, 0.15) is 0 Å².